The van der Waals surface area contributed by atoms with E-state index in [-0.39, 0.29) is 40.6 Å². The maximum absolute atomic E-state index is 13.4. The van der Waals surface area contributed by atoms with Gasteiger partial charge in [-0.2, -0.15) is 10.2 Å². The van der Waals surface area contributed by atoms with Crippen LogP contribution in [-0.4, -0.2) is 39.6 Å². The summed E-state index contributed by atoms with van der Waals surface area (Å²) in [6.07, 6.45) is 0. The first-order valence-electron chi connectivity index (χ1n) is 13.0. The van der Waals surface area contributed by atoms with E-state index in [1.165, 1.54) is 9.56 Å². The molecule has 2 aliphatic rings. The van der Waals surface area contributed by atoms with E-state index in [1.807, 2.05) is 25.1 Å². The van der Waals surface area contributed by atoms with E-state index < -0.39 is 9.84 Å². The number of anilines is 3. The standard InChI is InChI=1S/C28H30N6O4S2/c1-16-19(7-6-8-22(16)33-14-17-11-23(28(2,3)4)39-25(17)27(33)36)20-13-21(26(35)32(5)30-20)29-24-12-18-15-40(37,38)10-9-34(18)31-24/h6-8,11-13H,9-10,14-15H2,1-5H3,(H,29,31). The molecule has 0 spiro atoms. The Kier molecular flexibility index (Phi) is 6.04. The van der Waals surface area contributed by atoms with Gasteiger partial charge in [-0.15, -0.1) is 11.3 Å². The highest BCUT2D eigenvalue weighted by Gasteiger charge is 2.34. The summed E-state index contributed by atoms with van der Waals surface area (Å²) in [5.41, 5.74) is 4.59. The number of aryl methyl sites for hydroxylation is 2. The molecule has 2 aliphatic heterocycles. The first kappa shape index (κ1) is 26.5. The van der Waals surface area contributed by atoms with Gasteiger partial charge in [-0.1, -0.05) is 32.9 Å². The van der Waals surface area contributed by atoms with Gasteiger partial charge in [-0.25, -0.2) is 13.1 Å². The fraction of sp³-hybridized carbons (Fsp3) is 0.357. The number of nitrogens with zero attached hydrogens (tertiary/aromatic N) is 5. The summed E-state index contributed by atoms with van der Waals surface area (Å²) in [5.74, 6) is 0.363. The van der Waals surface area contributed by atoms with Crippen molar-refractivity contribution < 1.29 is 13.2 Å². The molecule has 1 N–H and O–H groups in total. The van der Waals surface area contributed by atoms with Gasteiger partial charge in [0, 0.05) is 29.2 Å². The molecule has 6 rings (SSSR count). The fourth-order valence-electron chi connectivity index (χ4n) is 5.17. The minimum Gasteiger partial charge on any atom is -0.334 e. The maximum atomic E-state index is 13.4. The highest BCUT2D eigenvalue weighted by molar-refractivity contribution is 7.90. The van der Waals surface area contributed by atoms with Crippen molar-refractivity contribution in [2.75, 3.05) is 16.0 Å². The smallest absolute Gasteiger partial charge is 0.290 e. The van der Waals surface area contributed by atoms with Gasteiger partial charge >= 0.3 is 0 Å². The summed E-state index contributed by atoms with van der Waals surface area (Å²) in [6.45, 7) is 9.20. The lowest BCUT2D eigenvalue weighted by molar-refractivity contribution is 0.0999. The first-order chi connectivity index (χ1) is 18.8. The average Bonchev–Trinajstić information content (AvgIpc) is 3.55. The Balaban J connectivity index is 1.32. The van der Waals surface area contributed by atoms with E-state index in [4.69, 9.17) is 0 Å². The molecule has 10 nitrogen and oxygen atoms in total. The van der Waals surface area contributed by atoms with E-state index in [0.717, 1.165) is 27.3 Å². The van der Waals surface area contributed by atoms with Gasteiger partial charge in [0.2, 0.25) is 0 Å². The molecule has 1 amide bonds. The molecule has 0 fully saturated rings. The lowest BCUT2D eigenvalue weighted by Gasteiger charge is -2.21. The Morgan fingerprint density at radius 1 is 1.07 bits per heavy atom. The van der Waals surface area contributed by atoms with Crippen molar-refractivity contribution >= 4 is 44.3 Å². The molecule has 0 bridgehead atoms. The van der Waals surface area contributed by atoms with Crippen LogP contribution in [0.3, 0.4) is 0 Å². The summed E-state index contributed by atoms with van der Waals surface area (Å²) < 4.78 is 26.9. The van der Waals surface area contributed by atoms with Gasteiger partial charge in [-0.3, -0.25) is 14.3 Å². The highest BCUT2D eigenvalue weighted by Crippen LogP contribution is 2.40. The van der Waals surface area contributed by atoms with Crippen LogP contribution in [0.25, 0.3) is 11.3 Å². The first-order valence-corrected chi connectivity index (χ1v) is 15.6. The van der Waals surface area contributed by atoms with Crippen molar-refractivity contribution in [2.24, 2.45) is 7.05 Å². The average molecular weight is 579 g/mol. The summed E-state index contributed by atoms with van der Waals surface area (Å²) in [4.78, 5) is 30.2. The molecule has 0 atom stereocenters. The van der Waals surface area contributed by atoms with Crippen LogP contribution >= 0.6 is 11.3 Å². The highest BCUT2D eigenvalue weighted by atomic mass is 32.2. The number of carbonyl (C=O) groups excluding carboxylic acids is 1. The molecule has 40 heavy (non-hydrogen) atoms. The van der Waals surface area contributed by atoms with Gasteiger partial charge < -0.3 is 10.2 Å². The molecule has 0 saturated carbocycles. The Morgan fingerprint density at radius 2 is 1.85 bits per heavy atom. The van der Waals surface area contributed by atoms with Crippen LogP contribution in [0, 0.1) is 6.92 Å². The number of aromatic nitrogens is 4. The number of rotatable bonds is 4. The van der Waals surface area contributed by atoms with Gasteiger partial charge in [-0.05, 0) is 41.7 Å². The second-order valence-electron chi connectivity index (χ2n) is 11.4. The van der Waals surface area contributed by atoms with Gasteiger partial charge in [0.05, 0.1) is 40.9 Å². The number of nitrogens with one attached hydrogen (secondary N) is 1. The van der Waals surface area contributed by atoms with Crippen molar-refractivity contribution in [3.8, 4) is 11.3 Å². The van der Waals surface area contributed by atoms with E-state index in [0.29, 0.717) is 23.8 Å². The lowest BCUT2D eigenvalue weighted by atomic mass is 9.94. The largest absolute Gasteiger partial charge is 0.334 e. The zero-order valence-electron chi connectivity index (χ0n) is 23.0. The van der Waals surface area contributed by atoms with Gasteiger partial charge in [0.1, 0.15) is 5.69 Å². The van der Waals surface area contributed by atoms with Crippen molar-refractivity contribution in [3.05, 3.63) is 73.3 Å². The molecular weight excluding hydrogens is 548 g/mol. The van der Waals surface area contributed by atoms with Crippen LogP contribution < -0.4 is 15.8 Å². The van der Waals surface area contributed by atoms with E-state index in [2.05, 4.69) is 42.4 Å². The van der Waals surface area contributed by atoms with E-state index in [9.17, 15) is 18.0 Å². The second-order valence-corrected chi connectivity index (χ2v) is 14.6. The van der Waals surface area contributed by atoms with Crippen molar-refractivity contribution in [1.82, 2.24) is 19.6 Å². The molecule has 0 unspecified atom stereocenters. The Bertz CT molecular complexity index is 1860. The monoisotopic (exact) mass is 578 g/mol. The van der Waals surface area contributed by atoms with Crippen LogP contribution in [0.2, 0.25) is 0 Å². The third-order valence-electron chi connectivity index (χ3n) is 7.36. The molecule has 1 aromatic carbocycles. The number of sulfone groups is 1. The predicted octanol–water partition coefficient (Wildman–Crippen LogP) is 4.14. The molecule has 5 heterocycles. The SMILES string of the molecule is Cc1c(-c2cc(Nc3cc4n(n3)CCS(=O)(=O)C4)c(=O)n(C)n2)cccc1N1Cc2cc(C(C)(C)C)sc2C1=O. The minimum absolute atomic E-state index is 0.00251. The number of benzene rings is 1. The Hall–Kier alpha value is -3.77. The summed E-state index contributed by atoms with van der Waals surface area (Å²) >= 11 is 1.57. The molecule has 4 aromatic rings. The molecule has 3 aromatic heterocycles. The second kappa shape index (κ2) is 9.13. The molecule has 0 radical (unpaired) electrons. The van der Waals surface area contributed by atoms with Crippen molar-refractivity contribution in [1.29, 1.82) is 0 Å². The number of hydrogen-bond donors (Lipinski definition) is 1. The maximum Gasteiger partial charge on any atom is 0.290 e. The van der Waals surface area contributed by atoms with Crippen molar-refractivity contribution in [2.45, 2.75) is 52.0 Å². The normalized spacial score (nSPS) is 16.2. The van der Waals surface area contributed by atoms with Gasteiger partial charge in [0.25, 0.3) is 11.5 Å². The molecule has 12 heteroatoms. The number of carbonyl (C=O) groups is 1. The number of fused-ring (bicyclic) bond motifs is 2. The van der Waals surface area contributed by atoms with Crippen LogP contribution in [0.15, 0.2) is 41.2 Å². The molecular formula is C28H30N6O4S2. The summed E-state index contributed by atoms with van der Waals surface area (Å²) in [7, 11) is -1.57. The fourth-order valence-corrected chi connectivity index (χ4v) is 7.62. The van der Waals surface area contributed by atoms with Crippen LogP contribution in [0.4, 0.5) is 17.2 Å². The zero-order chi connectivity index (χ0) is 28.6. The van der Waals surface area contributed by atoms with E-state index >= 15 is 0 Å². The molecule has 0 saturated heterocycles. The van der Waals surface area contributed by atoms with Gasteiger partial charge in [0.15, 0.2) is 15.7 Å². The predicted molar refractivity (Wildman–Crippen MR) is 156 cm³/mol. The molecule has 208 valence electrons. The summed E-state index contributed by atoms with van der Waals surface area (Å²) in [6, 6.07) is 11.2. The zero-order valence-corrected chi connectivity index (χ0v) is 24.6. The third-order valence-corrected chi connectivity index (χ3v) is 10.5. The Morgan fingerprint density at radius 3 is 2.58 bits per heavy atom. The Labute approximate surface area is 236 Å². The van der Waals surface area contributed by atoms with Crippen LogP contribution in [0.1, 0.15) is 52.1 Å². The van der Waals surface area contributed by atoms with E-state index in [1.54, 1.807) is 40.1 Å². The third kappa shape index (κ3) is 4.54. The number of thiophene rings is 1. The quantitative estimate of drug-likeness (QED) is 0.387. The lowest BCUT2D eigenvalue weighted by Crippen LogP contribution is -2.25. The molecule has 0 aliphatic carbocycles. The van der Waals surface area contributed by atoms with Crippen LogP contribution in [-0.2, 0) is 41.1 Å². The van der Waals surface area contributed by atoms with Crippen LogP contribution in [0.5, 0.6) is 0 Å². The number of amides is 1. The number of hydrogen-bond acceptors (Lipinski definition) is 8. The topological polar surface area (TPSA) is 119 Å². The van der Waals surface area contributed by atoms with Crippen molar-refractivity contribution in [3.63, 3.8) is 0 Å². The summed E-state index contributed by atoms with van der Waals surface area (Å²) in [5, 5.41) is 12.0. The minimum atomic E-state index is -3.15.